The Labute approximate surface area is 244 Å². The fourth-order valence-electron chi connectivity index (χ4n) is 6.58. The lowest BCUT2D eigenvalue weighted by Gasteiger charge is -2.25. The second kappa shape index (κ2) is 12.7. The van der Waals surface area contributed by atoms with Crippen molar-refractivity contribution in [2.75, 3.05) is 11.5 Å². The van der Waals surface area contributed by atoms with E-state index >= 15 is 0 Å². The molecule has 0 amide bonds. The molecule has 2 aliphatic rings. The number of nitrogen functional groups attached to an aromatic ring is 2. The van der Waals surface area contributed by atoms with Gasteiger partial charge in [0.15, 0.2) is 0 Å². The molecule has 2 aliphatic carbocycles. The molecule has 4 aromatic carbocycles. The van der Waals surface area contributed by atoms with E-state index in [1.54, 1.807) is 0 Å². The first-order chi connectivity index (χ1) is 20.1. The van der Waals surface area contributed by atoms with Crippen LogP contribution in [-0.4, -0.2) is 0 Å². The van der Waals surface area contributed by atoms with Gasteiger partial charge in [0.2, 0.25) is 0 Å². The quantitative estimate of drug-likeness (QED) is 0.216. The van der Waals surface area contributed by atoms with Gasteiger partial charge in [0, 0.05) is 17.8 Å². The van der Waals surface area contributed by atoms with Crippen LogP contribution in [0.3, 0.4) is 0 Å². The summed E-state index contributed by atoms with van der Waals surface area (Å²) < 4.78 is 13.0. The highest BCUT2D eigenvalue weighted by atomic mass is 16.5. The van der Waals surface area contributed by atoms with Gasteiger partial charge >= 0.3 is 0 Å². The van der Waals surface area contributed by atoms with Crippen LogP contribution in [0.15, 0.2) is 84.9 Å². The summed E-state index contributed by atoms with van der Waals surface area (Å²) in [6, 6.07) is 29.0. The number of hydrogen-bond acceptors (Lipinski definition) is 4. The summed E-state index contributed by atoms with van der Waals surface area (Å²) in [5.74, 6) is 4.59. The van der Waals surface area contributed by atoms with Crippen LogP contribution in [0.1, 0.15) is 98.3 Å². The van der Waals surface area contributed by atoms with Crippen LogP contribution in [0.4, 0.5) is 11.4 Å². The van der Waals surface area contributed by atoms with Crippen molar-refractivity contribution in [1.29, 1.82) is 0 Å². The van der Waals surface area contributed by atoms with Crippen LogP contribution in [0.2, 0.25) is 0 Å². The Kier molecular flexibility index (Phi) is 8.46. The van der Waals surface area contributed by atoms with Crippen molar-refractivity contribution in [1.82, 2.24) is 0 Å². The van der Waals surface area contributed by atoms with E-state index in [1.165, 1.54) is 86.5 Å². The zero-order valence-corrected chi connectivity index (χ0v) is 24.0. The van der Waals surface area contributed by atoms with Gasteiger partial charge in [0.1, 0.15) is 23.0 Å². The minimum atomic E-state index is 0.618. The smallest absolute Gasteiger partial charge is 0.130 e. The van der Waals surface area contributed by atoms with E-state index in [0.717, 1.165) is 40.8 Å². The minimum Gasteiger partial charge on any atom is -0.457 e. The predicted molar refractivity (Wildman–Crippen MR) is 169 cm³/mol. The summed E-state index contributed by atoms with van der Waals surface area (Å²) in [6.45, 7) is 0. The molecule has 4 heteroatoms. The summed E-state index contributed by atoms with van der Waals surface area (Å²) in [7, 11) is 0. The Morgan fingerprint density at radius 3 is 1.27 bits per heavy atom. The average Bonchev–Trinajstić information content (AvgIpc) is 3.02. The van der Waals surface area contributed by atoms with Gasteiger partial charge in [-0.3, -0.25) is 0 Å². The van der Waals surface area contributed by atoms with E-state index in [4.69, 9.17) is 20.9 Å². The molecule has 4 N–H and O–H groups in total. The SMILES string of the molecule is Nc1ccc(Oc2ccc(C3CCCCC3)cc2Cc2cc(C3CCCCC3)ccc2Oc2ccc(N)cc2)cc1. The third-order valence-corrected chi connectivity index (χ3v) is 8.92. The lowest BCUT2D eigenvalue weighted by atomic mass is 9.82. The monoisotopic (exact) mass is 546 g/mol. The molecular weight excluding hydrogens is 504 g/mol. The van der Waals surface area contributed by atoms with Crippen LogP contribution in [-0.2, 0) is 6.42 Å². The molecule has 4 aromatic rings. The van der Waals surface area contributed by atoms with E-state index < -0.39 is 0 Å². The van der Waals surface area contributed by atoms with E-state index in [-0.39, 0.29) is 0 Å². The molecule has 2 fully saturated rings. The largest absolute Gasteiger partial charge is 0.457 e. The van der Waals surface area contributed by atoms with E-state index in [2.05, 4.69) is 36.4 Å². The average molecular weight is 547 g/mol. The van der Waals surface area contributed by atoms with Gasteiger partial charge in [-0.2, -0.15) is 0 Å². The molecule has 0 atom stereocenters. The molecule has 212 valence electrons. The minimum absolute atomic E-state index is 0.618. The summed E-state index contributed by atoms with van der Waals surface area (Å²) in [6.07, 6.45) is 13.7. The second-order valence-electron chi connectivity index (χ2n) is 11.9. The number of anilines is 2. The molecule has 0 heterocycles. The highest BCUT2D eigenvalue weighted by molar-refractivity contribution is 5.51. The lowest BCUT2D eigenvalue weighted by molar-refractivity contribution is 0.440. The molecule has 0 bridgehead atoms. The number of ether oxygens (including phenoxy) is 2. The van der Waals surface area contributed by atoms with E-state index in [0.29, 0.717) is 11.8 Å². The van der Waals surface area contributed by atoms with Gasteiger partial charge < -0.3 is 20.9 Å². The molecular formula is C37H42N2O2. The molecule has 0 aromatic heterocycles. The zero-order valence-electron chi connectivity index (χ0n) is 24.0. The summed E-state index contributed by atoms with van der Waals surface area (Å²) >= 11 is 0. The summed E-state index contributed by atoms with van der Waals surface area (Å²) in [4.78, 5) is 0. The molecule has 0 spiro atoms. The summed E-state index contributed by atoms with van der Waals surface area (Å²) in [5, 5.41) is 0. The highest BCUT2D eigenvalue weighted by Gasteiger charge is 2.21. The van der Waals surface area contributed by atoms with Crippen LogP contribution < -0.4 is 20.9 Å². The van der Waals surface area contributed by atoms with Gasteiger partial charge in [-0.15, -0.1) is 0 Å². The Morgan fingerprint density at radius 1 is 0.488 bits per heavy atom. The topological polar surface area (TPSA) is 70.5 Å². The van der Waals surface area contributed by atoms with Crippen molar-refractivity contribution in [2.24, 2.45) is 0 Å². The molecule has 0 aliphatic heterocycles. The van der Waals surface area contributed by atoms with Gasteiger partial charge in [-0.25, -0.2) is 0 Å². The van der Waals surface area contributed by atoms with Crippen LogP contribution in [0.25, 0.3) is 0 Å². The first kappa shape index (κ1) is 27.3. The molecule has 4 nitrogen and oxygen atoms in total. The number of benzene rings is 4. The van der Waals surface area contributed by atoms with E-state index in [1.807, 2.05) is 48.5 Å². The molecule has 0 unspecified atom stereocenters. The highest BCUT2D eigenvalue weighted by Crippen LogP contribution is 2.40. The molecule has 0 radical (unpaired) electrons. The third kappa shape index (κ3) is 6.87. The lowest BCUT2D eigenvalue weighted by Crippen LogP contribution is -2.07. The third-order valence-electron chi connectivity index (χ3n) is 8.92. The maximum absolute atomic E-state index is 6.49. The van der Waals surface area contributed by atoms with Crippen molar-refractivity contribution in [3.05, 3.63) is 107 Å². The van der Waals surface area contributed by atoms with Gasteiger partial charge in [-0.1, -0.05) is 62.8 Å². The van der Waals surface area contributed by atoms with Gasteiger partial charge in [0.25, 0.3) is 0 Å². The van der Waals surface area contributed by atoms with Crippen molar-refractivity contribution >= 4 is 11.4 Å². The fraction of sp³-hybridized carbons (Fsp3) is 0.351. The zero-order chi connectivity index (χ0) is 28.0. The first-order valence-corrected chi connectivity index (χ1v) is 15.4. The number of rotatable bonds is 8. The molecule has 41 heavy (non-hydrogen) atoms. The number of nitrogens with two attached hydrogens (primary N) is 2. The molecule has 2 saturated carbocycles. The maximum Gasteiger partial charge on any atom is 0.130 e. The standard InChI is InChI=1S/C37H42N2O2/c38-32-13-17-34(18-14-32)40-36-21-11-28(26-7-3-1-4-8-26)23-30(36)25-31-24-29(27-9-5-2-6-10-27)12-22-37(31)41-35-19-15-33(39)16-20-35/h11-24,26-27H,1-10,25,38-39H2. The Hall–Kier alpha value is -3.92. The van der Waals surface area contributed by atoms with Crippen molar-refractivity contribution in [3.63, 3.8) is 0 Å². The Bertz CT molecular complexity index is 1320. The molecule has 6 rings (SSSR count). The molecule has 0 saturated heterocycles. The summed E-state index contributed by atoms with van der Waals surface area (Å²) in [5.41, 5.74) is 18.6. The van der Waals surface area contributed by atoms with Crippen LogP contribution >= 0.6 is 0 Å². The Balaban J connectivity index is 1.38. The van der Waals surface area contributed by atoms with Crippen LogP contribution in [0, 0.1) is 0 Å². The van der Waals surface area contributed by atoms with Gasteiger partial charge in [0.05, 0.1) is 0 Å². The van der Waals surface area contributed by atoms with Crippen molar-refractivity contribution in [3.8, 4) is 23.0 Å². The van der Waals surface area contributed by atoms with Crippen molar-refractivity contribution < 1.29 is 9.47 Å². The van der Waals surface area contributed by atoms with Crippen molar-refractivity contribution in [2.45, 2.75) is 82.5 Å². The van der Waals surface area contributed by atoms with Gasteiger partial charge in [-0.05, 0) is 120 Å². The predicted octanol–water partition coefficient (Wildman–Crippen LogP) is 10.1. The van der Waals surface area contributed by atoms with Crippen LogP contribution in [0.5, 0.6) is 23.0 Å². The normalized spacial score (nSPS) is 16.4. The Morgan fingerprint density at radius 2 is 0.878 bits per heavy atom. The second-order valence-corrected chi connectivity index (χ2v) is 11.9. The fourth-order valence-corrected chi connectivity index (χ4v) is 6.58. The number of hydrogen-bond donors (Lipinski definition) is 2. The van der Waals surface area contributed by atoms with E-state index in [9.17, 15) is 0 Å². The maximum atomic E-state index is 6.49. The first-order valence-electron chi connectivity index (χ1n) is 15.4.